The van der Waals surface area contributed by atoms with Crippen LogP contribution in [0, 0.1) is 62.4 Å². The molecule has 3 atom stereocenters. The summed E-state index contributed by atoms with van der Waals surface area (Å²) in [6.07, 6.45) is 10.4. The van der Waals surface area contributed by atoms with Crippen LogP contribution in [0.3, 0.4) is 0 Å². The van der Waals surface area contributed by atoms with Crippen LogP contribution in [0.15, 0.2) is 118 Å². The van der Waals surface area contributed by atoms with Crippen molar-refractivity contribution in [2.45, 2.75) is 105 Å². The first-order valence-electron chi connectivity index (χ1n) is 40.7. The Morgan fingerprint density at radius 2 is 0.805 bits per heavy atom. The summed E-state index contributed by atoms with van der Waals surface area (Å²) in [6.45, 7) is 25.0. The number of fused-ring (bicyclic) bond motifs is 6. The van der Waals surface area contributed by atoms with Gasteiger partial charge < -0.3 is 38.7 Å². The molecule has 3 fully saturated rings. The lowest BCUT2D eigenvalue weighted by molar-refractivity contribution is -0.126. The Labute approximate surface area is 761 Å². The summed E-state index contributed by atoms with van der Waals surface area (Å²) in [5.74, 6) is 5.98. The van der Waals surface area contributed by atoms with Crippen molar-refractivity contribution in [1.29, 1.82) is 0 Å². The SMILES string of the molecule is C#CC(=O)N1CCN2c3nc(=O)n(-c4c(C)ccnc4C(C)C)c4nc(-c5c(F)cccc5Cl)c(Cl)c(c34)OCC2C1.C=CS(=O)(=O)N1CCN2c3nc(=O)n(-c4c(C)ccnc4C(C)C)c4nc(-c5c(F)cccc5Cl)c(Cl)c(c34)OCC2C1.CC#CC(=O)N1CCN2c3nc(=O)n(-c4c(C)ccnc4C(C)C)c4nc(-c5c(F)cccc5Cl)c(Cl)c(c34)OCC2C1. The number of carbonyl (C=O) groups excluding carboxylic acids is 2. The van der Waals surface area contributed by atoms with Gasteiger partial charge in [-0.2, -0.15) is 19.3 Å². The van der Waals surface area contributed by atoms with Crippen LogP contribution in [-0.2, 0) is 19.6 Å². The van der Waals surface area contributed by atoms with Gasteiger partial charge in [-0.25, -0.2) is 64.6 Å². The molecule has 3 saturated heterocycles. The number of rotatable bonds is 11. The third-order valence-corrected chi connectivity index (χ3v) is 26.5. The molecular weight excluding hydrogens is 1790 g/mol. The van der Waals surface area contributed by atoms with Gasteiger partial charge in [0.1, 0.15) is 86.0 Å². The van der Waals surface area contributed by atoms with Crippen LogP contribution in [0.2, 0.25) is 30.1 Å². The Morgan fingerprint density at radius 3 is 1.11 bits per heavy atom. The number of benzene rings is 3. The van der Waals surface area contributed by atoms with E-state index in [1.165, 1.54) is 66.5 Å². The maximum Gasteiger partial charge on any atom is 0.355 e. The van der Waals surface area contributed by atoms with Crippen LogP contribution < -0.4 is 46.0 Å². The molecule has 0 saturated carbocycles. The van der Waals surface area contributed by atoms with E-state index in [9.17, 15) is 32.4 Å². The summed E-state index contributed by atoms with van der Waals surface area (Å²) in [6, 6.07) is 16.9. The third kappa shape index (κ3) is 15.8. The van der Waals surface area contributed by atoms with E-state index < -0.39 is 62.5 Å². The van der Waals surface area contributed by atoms with E-state index in [-0.39, 0.29) is 180 Å². The second-order valence-corrected chi connectivity index (χ2v) is 36.2. The lowest BCUT2D eigenvalue weighted by Gasteiger charge is -2.40. The Hall–Kier alpha value is -12.0. The number of pyridine rings is 6. The number of hydrogen-bond donors (Lipinski definition) is 0. The number of amides is 2. The third-order valence-electron chi connectivity index (χ3n) is 23.1. The average Bonchev–Trinajstić information content (AvgIpc) is 1.25. The lowest BCUT2D eigenvalue weighted by atomic mass is 10.0. The number of hydrogen-bond acceptors (Lipinski definition) is 22. The minimum absolute atomic E-state index is 0.000154. The summed E-state index contributed by atoms with van der Waals surface area (Å²) >= 11 is 40.3. The predicted molar refractivity (Wildman–Crippen MR) is 488 cm³/mol. The van der Waals surface area contributed by atoms with Crippen LogP contribution in [0.1, 0.15) is 100.0 Å². The smallest absolute Gasteiger partial charge is 0.355 e. The number of sulfonamides is 1. The highest BCUT2D eigenvalue weighted by molar-refractivity contribution is 7.92. The molecule has 0 bridgehead atoms. The molecule has 18 rings (SSSR count). The summed E-state index contributed by atoms with van der Waals surface area (Å²) < 4.78 is 95.5. The van der Waals surface area contributed by atoms with Crippen molar-refractivity contribution in [3.05, 3.63) is 216 Å². The number of piperazine rings is 3. The van der Waals surface area contributed by atoms with Gasteiger partial charge in [0.25, 0.3) is 11.8 Å². The zero-order valence-corrected chi connectivity index (χ0v) is 75.8. The minimum Gasteiger partial charge on any atom is -0.489 e. The Balaban J connectivity index is 0.000000141. The molecule has 0 spiro atoms. The van der Waals surface area contributed by atoms with Crippen molar-refractivity contribution < 1.29 is 45.4 Å². The van der Waals surface area contributed by atoms with Crippen molar-refractivity contribution in [2.75, 3.05) is 93.4 Å². The molecule has 128 heavy (non-hydrogen) atoms. The molecular formula is C90H79Cl6F3N18O10S. The summed E-state index contributed by atoms with van der Waals surface area (Å²) in [4.78, 5) is 118. The molecule has 12 aromatic rings. The van der Waals surface area contributed by atoms with E-state index in [1.807, 2.05) is 77.0 Å². The monoisotopic (exact) mass is 1870 g/mol. The molecule has 15 heterocycles. The normalized spacial score (nSPS) is 16.4. The Kier molecular flexibility index (Phi) is 24.9. The van der Waals surface area contributed by atoms with Gasteiger partial charge in [-0.15, -0.1) is 6.42 Å². The molecule has 0 radical (unpaired) electrons. The lowest BCUT2D eigenvalue weighted by Crippen LogP contribution is -2.57. The average molecular weight is 1870 g/mol. The zero-order chi connectivity index (χ0) is 91.2. The van der Waals surface area contributed by atoms with E-state index in [0.717, 1.165) is 22.1 Å². The standard InChI is InChI=1S/C31H27Cl2FN6O3.C30H25Cl2FN6O3.C29H27Cl2FN6O4S/c1-5-7-21(41)38-12-13-39-18(14-38)15-43-28-23-29(39)37-31(42)40(27-17(4)10-11-35-25(27)16(2)3)30(23)36-26(24(28)33)22-19(32)8-6-9-20(22)34;1-5-20(40)37-11-12-38-17(13-37)14-42-27-22-28(38)36-30(41)39(26-16(4)9-10-34-24(26)15(2)3)29(22)35-25(23(27)32)21-18(31)7-6-8-19(21)33;1-5-43(40,41)36-11-12-37-17(13-36)14-42-26-21-27(37)35-29(39)38(25-16(4)9-10-33-23(25)15(2)3)28(21)34-24(22(26)31)20-18(30)7-6-8-19(20)32/h6,8-11,16,18H,12-15H2,1-4H3;1,6-10,15,17H,11-14H2,2-4H3;5-10,15,17H,1,11-14H2,2-4H3. The topological polar surface area (TPSA) is 297 Å². The zero-order valence-electron chi connectivity index (χ0n) is 70.4. The molecule has 6 aliphatic heterocycles. The van der Waals surface area contributed by atoms with E-state index in [2.05, 4.69) is 54.2 Å². The second kappa shape index (κ2) is 35.6. The van der Waals surface area contributed by atoms with Crippen molar-refractivity contribution in [2.24, 2.45) is 0 Å². The quantitative estimate of drug-likeness (QED) is 0.109. The van der Waals surface area contributed by atoms with Gasteiger partial charge in [0.05, 0.1) is 101 Å². The van der Waals surface area contributed by atoms with Gasteiger partial charge >= 0.3 is 17.1 Å². The van der Waals surface area contributed by atoms with Crippen molar-refractivity contribution in [3.8, 4) is 92.3 Å². The van der Waals surface area contributed by atoms with Crippen molar-refractivity contribution >= 4 is 142 Å². The van der Waals surface area contributed by atoms with Crippen molar-refractivity contribution in [1.82, 2.24) is 72.7 Å². The number of aryl methyl sites for hydroxylation is 3. The van der Waals surface area contributed by atoms with Crippen LogP contribution in [-0.4, -0.2) is 190 Å². The molecule has 6 aliphatic rings. The van der Waals surface area contributed by atoms with Crippen molar-refractivity contribution in [3.63, 3.8) is 0 Å². The number of anilines is 3. The maximum absolute atomic E-state index is 15.3. The molecule has 658 valence electrons. The van der Waals surface area contributed by atoms with E-state index in [0.29, 0.717) is 94.7 Å². The van der Waals surface area contributed by atoms with E-state index in [4.69, 9.17) is 105 Å². The fourth-order valence-corrected chi connectivity index (χ4v) is 19.6. The number of halogens is 9. The highest BCUT2D eigenvalue weighted by Gasteiger charge is 2.44. The molecule has 28 nitrogen and oxygen atoms in total. The molecule has 2 amide bonds. The van der Waals surface area contributed by atoms with Crippen LogP contribution in [0.5, 0.6) is 17.2 Å². The van der Waals surface area contributed by atoms with Gasteiger partial charge in [-0.05, 0) is 129 Å². The molecule has 0 aliphatic carbocycles. The fraction of sp³-hybridized carbons (Fsp3) is 0.311. The highest BCUT2D eigenvalue weighted by atomic mass is 35.5. The van der Waals surface area contributed by atoms with Gasteiger partial charge in [-0.3, -0.25) is 24.5 Å². The number of aromatic nitrogens is 12. The van der Waals surface area contributed by atoms with Gasteiger partial charge in [0, 0.05) is 82.9 Å². The largest absolute Gasteiger partial charge is 0.489 e. The first-order chi connectivity index (χ1) is 61.2. The summed E-state index contributed by atoms with van der Waals surface area (Å²) in [5.41, 5.74) is 4.37. The first-order valence-corrected chi connectivity index (χ1v) is 44.4. The highest BCUT2D eigenvalue weighted by Crippen LogP contribution is 2.52. The van der Waals surface area contributed by atoms with Crippen LogP contribution >= 0.6 is 69.6 Å². The van der Waals surface area contributed by atoms with E-state index in [1.54, 1.807) is 59.6 Å². The predicted octanol–water partition coefficient (Wildman–Crippen LogP) is 15.0. The molecule has 0 N–H and O–H groups in total. The first kappa shape index (κ1) is 89.4. The number of ether oxygens (including phenoxy) is 3. The molecule has 3 unspecified atom stereocenters. The minimum atomic E-state index is -3.70. The Morgan fingerprint density at radius 1 is 0.484 bits per heavy atom. The Bertz CT molecular complexity index is 7070. The molecule has 3 aromatic carbocycles. The number of terminal acetylenes is 1. The molecule has 38 heteroatoms. The summed E-state index contributed by atoms with van der Waals surface area (Å²) in [7, 11) is -3.70. The number of nitrogens with zero attached hydrogens (tertiary/aromatic N) is 18. The maximum atomic E-state index is 15.3. The van der Waals surface area contributed by atoms with Gasteiger partial charge in [0.15, 0.2) is 34.2 Å². The van der Waals surface area contributed by atoms with Gasteiger partial charge in [-0.1, -0.05) is 142 Å². The van der Waals surface area contributed by atoms with Crippen LogP contribution in [0.25, 0.3) is 83.9 Å². The molecule has 9 aromatic heterocycles. The fourth-order valence-electron chi connectivity index (χ4n) is 17.0. The van der Waals surface area contributed by atoms with Gasteiger partial charge in [0.2, 0.25) is 10.0 Å². The number of carbonyl (C=O) groups is 2. The summed E-state index contributed by atoms with van der Waals surface area (Å²) in [5, 5.41) is 2.31. The van der Waals surface area contributed by atoms with E-state index >= 15 is 13.2 Å². The second-order valence-electron chi connectivity index (χ2n) is 32.0. The van der Waals surface area contributed by atoms with Crippen LogP contribution in [0.4, 0.5) is 30.6 Å².